The zero-order valence-electron chi connectivity index (χ0n) is 17.4. The van der Waals surface area contributed by atoms with Crippen molar-refractivity contribution >= 4 is 17.8 Å². The Bertz CT molecular complexity index is 870. The number of imide groups is 1. The van der Waals surface area contributed by atoms with Gasteiger partial charge >= 0.3 is 6.03 Å². The summed E-state index contributed by atoms with van der Waals surface area (Å²) in [6.45, 7) is 2.27. The van der Waals surface area contributed by atoms with Gasteiger partial charge in [0.05, 0.1) is 0 Å². The van der Waals surface area contributed by atoms with Gasteiger partial charge in [-0.25, -0.2) is 4.79 Å². The Labute approximate surface area is 177 Å². The molecule has 1 atom stereocenters. The van der Waals surface area contributed by atoms with Gasteiger partial charge in [0, 0.05) is 6.54 Å². The van der Waals surface area contributed by atoms with Gasteiger partial charge in [0.15, 0.2) is 0 Å². The van der Waals surface area contributed by atoms with Crippen LogP contribution in [0, 0.1) is 0 Å². The highest BCUT2D eigenvalue weighted by atomic mass is 16.2. The van der Waals surface area contributed by atoms with Gasteiger partial charge < -0.3 is 10.6 Å². The lowest BCUT2D eigenvalue weighted by Crippen LogP contribution is -2.45. The van der Waals surface area contributed by atoms with E-state index in [0.29, 0.717) is 13.0 Å². The number of hydrogen-bond acceptors (Lipinski definition) is 3. The molecule has 0 radical (unpaired) electrons. The van der Waals surface area contributed by atoms with Gasteiger partial charge in [-0.05, 0) is 30.4 Å². The van der Waals surface area contributed by atoms with Crippen molar-refractivity contribution in [1.29, 1.82) is 0 Å². The van der Waals surface area contributed by atoms with Gasteiger partial charge in [-0.15, -0.1) is 0 Å². The Morgan fingerprint density at radius 2 is 1.67 bits per heavy atom. The second-order valence-electron chi connectivity index (χ2n) is 7.64. The molecule has 6 heteroatoms. The number of aryl methyl sites for hydroxylation is 1. The average molecular weight is 408 g/mol. The molecule has 1 heterocycles. The monoisotopic (exact) mass is 407 g/mol. The molecule has 30 heavy (non-hydrogen) atoms. The molecule has 1 unspecified atom stereocenters. The third-order valence-corrected chi connectivity index (χ3v) is 5.46. The molecular weight excluding hydrogens is 378 g/mol. The van der Waals surface area contributed by atoms with Crippen LogP contribution in [0.15, 0.2) is 60.7 Å². The molecule has 2 aromatic rings. The lowest BCUT2D eigenvalue weighted by molar-refractivity contribution is -0.135. The molecule has 3 rings (SSSR count). The highest BCUT2D eigenvalue weighted by Crippen LogP contribution is 2.34. The molecular formula is C24H29N3O3. The fourth-order valence-electron chi connectivity index (χ4n) is 3.81. The second kappa shape index (κ2) is 10.1. The quantitative estimate of drug-likeness (QED) is 0.468. The molecule has 1 aliphatic rings. The summed E-state index contributed by atoms with van der Waals surface area (Å²) in [5, 5.41) is 5.69. The van der Waals surface area contributed by atoms with Gasteiger partial charge in [0.2, 0.25) is 5.91 Å². The van der Waals surface area contributed by atoms with Crippen LogP contribution in [0.1, 0.15) is 43.7 Å². The zero-order valence-corrected chi connectivity index (χ0v) is 17.4. The number of unbranched alkanes of at least 4 members (excludes halogenated alkanes) is 1. The van der Waals surface area contributed by atoms with Crippen LogP contribution in [0.3, 0.4) is 0 Å². The molecule has 0 aliphatic carbocycles. The normalized spacial score (nSPS) is 18.4. The third kappa shape index (κ3) is 4.87. The number of urea groups is 1. The SMILES string of the molecule is CCCCC1(c2ccccc2)NC(=O)N(CC(=O)NCCCc2ccccc2)C1=O. The summed E-state index contributed by atoms with van der Waals surface area (Å²) in [7, 11) is 0. The summed E-state index contributed by atoms with van der Waals surface area (Å²) in [5.74, 6) is -0.683. The number of hydrogen-bond donors (Lipinski definition) is 2. The van der Waals surface area contributed by atoms with E-state index in [2.05, 4.69) is 22.8 Å². The van der Waals surface area contributed by atoms with Gasteiger partial charge in [-0.1, -0.05) is 80.4 Å². The van der Waals surface area contributed by atoms with E-state index in [1.54, 1.807) is 0 Å². The predicted octanol–water partition coefficient (Wildman–Crippen LogP) is 3.37. The molecule has 6 nitrogen and oxygen atoms in total. The second-order valence-corrected chi connectivity index (χ2v) is 7.64. The van der Waals surface area contributed by atoms with Crippen LogP contribution in [0.2, 0.25) is 0 Å². The lowest BCUT2D eigenvalue weighted by atomic mass is 9.85. The van der Waals surface area contributed by atoms with E-state index < -0.39 is 11.6 Å². The van der Waals surface area contributed by atoms with E-state index in [1.165, 1.54) is 5.56 Å². The summed E-state index contributed by atoms with van der Waals surface area (Å²) in [4.78, 5) is 39.3. The summed E-state index contributed by atoms with van der Waals surface area (Å²) >= 11 is 0. The van der Waals surface area contributed by atoms with Crippen LogP contribution in [-0.2, 0) is 21.5 Å². The van der Waals surface area contributed by atoms with E-state index in [4.69, 9.17) is 0 Å². The number of amides is 4. The average Bonchev–Trinajstić information content (AvgIpc) is 3.01. The summed E-state index contributed by atoms with van der Waals surface area (Å²) in [5.41, 5.74) is 0.870. The molecule has 2 aromatic carbocycles. The fraction of sp³-hybridized carbons (Fsp3) is 0.375. The topological polar surface area (TPSA) is 78.5 Å². The molecule has 2 N–H and O–H groups in total. The zero-order chi connectivity index (χ0) is 21.4. The Balaban J connectivity index is 1.59. The minimum Gasteiger partial charge on any atom is -0.355 e. The number of nitrogens with one attached hydrogen (secondary N) is 2. The van der Waals surface area contributed by atoms with Crippen LogP contribution in [0.4, 0.5) is 4.79 Å². The van der Waals surface area contributed by atoms with Crippen LogP contribution in [-0.4, -0.2) is 35.8 Å². The van der Waals surface area contributed by atoms with E-state index in [-0.39, 0.29) is 18.4 Å². The molecule has 0 saturated carbocycles. The first-order chi connectivity index (χ1) is 14.6. The molecule has 158 valence electrons. The number of carbonyl (C=O) groups is 3. The number of nitrogens with zero attached hydrogens (tertiary/aromatic N) is 1. The smallest absolute Gasteiger partial charge is 0.325 e. The van der Waals surface area contributed by atoms with Crippen LogP contribution in [0.5, 0.6) is 0 Å². The first-order valence-corrected chi connectivity index (χ1v) is 10.6. The Morgan fingerprint density at radius 3 is 2.33 bits per heavy atom. The maximum absolute atomic E-state index is 13.3. The van der Waals surface area contributed by atoms with E-state index in [9.17, 15) is 14.4 Å². The van der Waals surface area contributed by atoms with Crippen molar-refractivity contribution in [3.8, 4) is 0 Å². The van der Waals surface area contributed by atoms with Crippen molar-refractivity contribution in [3.05, 3.63) is 71.8 Å². The van der Waals surface area contributed by atoms with Crippen molar-refractivity contribution in [2.24, 2.45) is 0 Å². The third-order valence-electron chi connectivity index (χ3n) is 5.46. The molecule has 4 amide bonds. The van der Waals surface area contributed by atoms with Gasteiger partial charge in [0.1, 0.15) is 12.1 Å². The Hall–Kier alpha value is -3.15. The van der Waals surface area contributed by atoms with E-state index >= 15 is 0 Å². The highest BCUT2D eigenvalue weighted by Gasteiger charge is 2.52. The van der Waals surface area contributed by atoms with Crippen molar-refractivity contribution < 1.29 is 14.4 Å². The van der Waals surface area contributed by atoms with E-state index in [1.807, 2.05) is 55.5 Å². The molecule has 1 fully saturated rings. The Kier molecular flexibility index (Phi) is 7.22. The van der Waals surface area contributed by atoms with Crippen molar-refractivity contribution in [2.75, 3.05) is 13.1 Å². The van der Waals surface area contributed by atoms with Gasteiger partial charge in [0.25, 0.3) is 5.91 Å². The minimum absolute atomic E-state index is 0.267. The van der Waals surface area contributed by atoms with E-state index in [0.717, 1.165) is 36.1 Å². The summed E-state index contributed by atoms with van der Waals surface area (Å²) < 4.78 is 0. The van der Waals surface area contributed by atoms with Crippen LogP contribution >= 0.6 is 0 Å². The standard InChI is InChI=1S/C24H29N3O3/c1-2-3-16-24(20-14-8-5-9-15-20)22(29)27(23(30)26-24)18-21(28)25-17-10-13-19-11-6-4-7-12-19/h4-9,11-12,14-15H,2-3,10,13,16-18H2,1H3,(H,25,28)(H,26,30). The summed E-state index contributed by atoms with van der Waals surface area (Å²) in [6, 6.07) is 18.8. The van der Waals surface area contributed by atoms with Crippen molar-refractivity contribution in [1.82, 2.24) is 15.5 Å². The first-order valence-electron chi connectivity index (χ1n) is 10.6. The van der Waals surface area contributed by atoms with Crippen LogP contribution < -0.4 is 10.6 Å². The molecule has 0 spiro atoms. The molecule has 1 aliphatic heterocycles. The predicted molar refractivity (Wildman–Crippen MR) is 116 cm³/mol. The van der Waals surface area contributed by atoms with Crippen molar-refractivity contribution in [2.45, 2.75) is 44.6 Å². The molecule has 0 aromatic heterocycles. The molecule has 1 saturated heterocycles. The first kappa shape index (κ1) is 21.6. The lowest BCUT2D eigenvalue weighted by Gasteiger charge is -2.27. The van der Waals surface area contributed by atoms with Crippen molar-refractivity contribution in [3.63, 3.8) is 0 Å². The number of rotatable bonds is 10. The highest BCUT2D eigenvalue weighted by molar-refractivity contribution is 6.09. The minimum atomic E-state index is -1.10. The number of carbonyl (C=O) groups excluding carboxylic acids is 3. The maximum Gasteiger partial charge on any atom is 0.325 e. The fourth-order valence-corrected chi connectivity index (χ4v) is 3.81. The number of benzene rings is 2. The maximum atomic E-state index is 13.3. The largest absolute Gasteiger partial charge is 0.355 e. The molecule has 0 bridgehead atoms. The summed E-state index contributed by atoms with van der Waals surface area (Å²) in [6.07, 6.45) is 3.85. The Morgan fingerprint density at radius 1 is 1.00 bits per heavy atom. The van der Waals surface area contributed by atoms with Crippen LogP contribution in [0.25, 0.3) is 0 Å². The van der Waals surface area contributed by atoms with Gasteiger partial charge in [-0.2, -0.15) is 0 Å². The van der Waals surface area contributed by atoms with Gasteiger partial charge in [-0.3, -0.25) is 14.5 Å².